The van der Waals surface area contributed by atoms with Gasteiger partial charge >= 0.3 is 3.93 Å². The quantitative estimate of drug-likeness (QED) is 0.498. The fraction of sp³-hybridized carbons (Fsp3) is 0.0714. The highest BCUT2D eigenvalue weighted by Crippen LogP contribution is 2.34. The third-order valence-electron chi connectivity index (χ3n) is 2.88. The number of pyridine rings is 2. The molecule has 0 saturated heterocycles. The van der Waals surface area contributed by atoms with Crippen LogP contribution >= 0.6 is 22.6 Å². The topological polar surface area (TPSA) is 43.6 Å². The van der Waals surface area contributed by atoms with Crippen molar-refractivity contribution in [2.24, 2.45) is 0 Å². The van der Waals surface area contributed by atoms with Crippen LogP contribution in [0.25, 0.3) is 16.8 Å². The van der Waals surface area contributed by atoms with Crippen molar-refractivity contribution in [3.05, 3.63) is 60.9 Å². The Labute approximate surface area is 133 Å². The van der Waals surface area contributed by atoms with Crippen molar-refractivity contribution < 1.29 is 8.78 Å². The van der Waals surface area contributed by atoms with Crippen molar-refractivity contribution in [2.45, 2.75) is 3.93 Å². The van der Waals surface area contributed by atoms with Gasteiger partial charge in [0.1, 0.15) is 5.69 Å². The molecule has 106 valence electrons. The van der Waals surface area contributed by atoms with Crippen LogP contribution in [0.4, 0.5) is 8.78 Å². The first-order valence-corrected chi connectivity index (χ1v) is 7.10. The Bertz CT molecular complexity index is 736. The van der Waals surface area contributed by atoms with E-state index in [4.69, 9.17) is 0 Å². The molecule has 0 atom stereocenters. The molecule has 0 N–H and O–H groups in total. The first kappa shape index (κ1) is 14.1. The van der Waals surface area contributed by atoms with Crippen molar-refractivity contribution in [2.75, 3.05) is 0 Å². The van der Waals surface area contributed by atoms with Crippen LogP contribution < -0.4 is 0 Å². The van der Waals surface area contributed by atoms with E-state index in [9.17, 15) is 8.78 Å². The van der Waals surface area contributed by atoms with Gasteiger partial charge in [0.25, 0.3) is 0 Å². The van der Waals surface area contributed by atoms with Crippen LogP contribution in [-0.4, -0.2) is 19.7 Å². The minimum atomic E-state index is -2.96. The first-order chi connectivity index (χ1) is 10.0. The molecule has 21 heavy (non-hydrogen) atoms. The van der Waals surface area contributed by atoms with Crippen molar-refractivity contribution in [1.29, 1.82) is 0 Å². The lowest BCUT2D eigenvalue weighted by molar-refractivity contribution is 0.122. The van der Waals surface area contributed by atoms with E-state index < -0.39 is 3.93 Å². The summed E-state index contributed by atoms with van der Waals surface area (Å²) in [6.45, 7) is 0. The van der Waals surface area contributed by atoms with Gasteiger partial charge in [0.05, 0.1) is 18.1 Å². The second kappa shape index (κ2) is 5.47. The van der Waals surface area contributed by atoms with E-state index >= 15 is 0 Å². The van der Waals surface area contributed by atoms with Crippen LogP contribution in [0, 0.1) is 0 Å². The van der Waals surface area contributed by atoms with Crippen LogP contribution in [0.15, 0.2) is 55.2 Å². The van der Waals surface area contributed by atoms with Gasteiger partial charge in [-0.15, -0.1) is 0 Å². The molecule has 7 heteroatoms. The van der Waals surface area contributed by atoms with Crippen LogP contribution in [0.5, 0.6) is 0 Å². The molecular weight excluding hydrogens is 389 g/mol. The van der Waals surface area contributed by atoms with Crippen LogP contribution in [0.3, 0.4) is 0 Å². The molecule has 3 aromatic heterocycles. The average Bonchev–Trinajstić information content (AvgIpc) is 2.97. The number of hydrogen-bond donors (Lipinski definition) is 0. The van der Waals surface area contributed by atoms with Gasteiger partial charge < -0.3 is 0 Å². The van der Waals surface area contributed by atoms with Crippen LogP contribution in [0.2, 0.25) is 0 Å². The number of aromatic nitrogens is 4. The lowest BCUT2D eigenvalue weighted by Crippen LogP contribution is -2.04. The highest BCUT2D eigenvalue weighted by Gasteiger charge is 2.28. The predicted molar refractivity (Wildman–Crippen MR) is 82.5 cm³/mol. The number of halogens is 3. The lowest BCUT2D eigenvalue weighted by Gasteiger charge is -2.07. The van der Waals surface area contributed by atoms with Gasteiger partial charge in [-0.2, -0.15) is 13.9 Å². The Morgan fingerprint density at radius 1 is 1.05 bits per heavy atom. The van der Waals surface area contributed by atoms with E-state index in [1.54, 1.807) is 35.5 Å². The second-order valence-electron chi connectivity index (χ2n) is 4.31. The normalized spacial score (nSPS) is 11.6. The summed E-state index contributed by atoms with van der Waals surface area (Å²) in [6, 6.07) is 6.62. The zero-order valence-electron chi connectivity index (χ0n) is 10.6. The predicted octanol–water partition coefficient (Wildman–Crippen LogP) is 3.81. The molecule has 0 bridgehead atoms. The van der Waals surface area contributed by atoms with Gasteiger partial charge in [0, 0.05) is 52.3 Å². The highest BCUT2D eigenvalue weighted by molar-refractivity contribution is 14.1. The molecule has 0 fully saturated rings. The molecule has 0 aliphatic rings. The minimum absolute atomic E-state index is 0.258. The Morgan fingerprint density at radius 2 is 1.90 bits per heavy atom. The number of rotatable bonds is 3. The van der Waals surface area contributed by atoms with Crippen molar-refractivity contribution in [3.8, 4) is 16.8 Å². The third-order valence-corrected chi connectivity index (χ3v) is 3.43. The van der Waals surface area contributed by atoms with Crippen molar-refractivity contribution in [1.82, 2.24) is 19.7 Å². The zero-order valence-corrected chi connectivity index (χ0v) is 12.8. The molecule has 0 aliphatic carbocycles. The van der Waals surface area contributed by atoms with E-state index in [-0.39, 0.29) is 5.69 Å². The summed E-state index contributed by atoms with van der Waals surface area (Å²) >= 11 is 1.06. The molecule has 0 spiro atoms. The Hall–Kier alpha value is -1.90. The van der Waals surface area contributed by atoms with Crippen molar-refractivity contribution in [3.63, 3.8) is 0 Å². The van der Waals surface area contributed by atoms with Crippen LogP contribution in [-0.2, 0) is 3.93 Å². The molecule has 3 rings (SSSR count). The molecule has 0 radical (unpaired) electrons. The van der Waals surface area contributed by atoms with Gasteiger partial charge in [-0.25, -0.2) is 4.68 Å². The molecule has 0 aromatic carbocycles. The molecule has 3 heterocycles. The van der Waals surface area contributed by atoms with Gasteiger partial charge in [0.2, 0.25) is 0 Å². The Kier molecular flexibility index (Phi) is 3.66. The summed E-state index contributed by atoms with van der Waals surface area (Å²) in [6.07, 6.45) is 8.25. The zero-order chi connectivity index (χ0) is 14.9. The van der Waals surface area contributed by atoms with Gasteiger partial charge in [-0.05, 0) is 18.2 Å². The Morgan fingerprint density at radius 3 is 2.52 bits per heavy atom. The summed E-state index contributed by atoms with van der Waals surface area (Å²) in [5, 5.41) is 4.23. The standard InChI is InChI=1S/C14H9F2IN4/c15-14(16,17)13-4-3-10(6-19-13)11-7-20-21(9-11)12-2-1-5-18-8-12/h1-9H. The van der Waals surface area contributed by atoms with E-state index in [0.29, 0.717) is 0 Å². The monoisotopic (exact) mass is 398 g/mol. The maximum atomic E-state index is 13.1. The highest BCUT2D eigenvalue weighted by atomic mass is 127. The number of alkyl halides is 3. The second-order valence-corrected chi connectivity index (χ2v) is 5.67. The van der Waals surface area contributed by atoms with E-state index in [1.165, 1.54) is 12.3 Å². The third kappa shape index (κ3) is 3.07. The van der Waals surface area contributed by atoms with Gasteiger partial charge in [0.15, 0.2) is 0 Å². The van der Waals surface area contributed by atoms with E-state index in [0.717, 1.165) is 39.4 Å². The van der Waals surface area contributed by atoms with E-state index in [2.05, 4.69) is 15.1 Å². The molecule has 0 amide bonds. The smallest absolute Gasteiger partial charge is 0.262 e. The van der Waals surface area contributed by atoms with Crippen LogP contribution in [0.1, 0.15) is 5.69 Å². The van der Waals surface area contributed by atoms with Gasteiger partial charge in [-0.3, -0.25) is 9.97 Å². The summed E-state index contributed by atoms with van der Waals surface area (Å²) in [4.78, 5) is 7.83. The molecule has 0 aliphatic heterocycles. The van der Waals surface area contributed by atoms with Crippen molar-refractivity contribution >= 4 is 22.6 Å². The first-order valence-electron chi connectivity index (χ1n) is 6.03. The SMILES string of the molecule is FC(F)(I)c1ccc(-c2cnn(-c3cccnc3)c2)cn1. The number of nitrogens with zero attached hydrogens (tertiary/aromatic N) is 4. The fourth-order valence-electron chi connectivity index (χ4n) is 1.83. The largest absolute Gasteiger partial charge is 0.337 e. The maximum absolute atomic E-state index is 13.1. The molecule has 4 nitrogen and oxygen atoms in total. The van der Waals surface area contributed by atoms with E-state index in [1.807, 2.05) is 12.1 Å². The number of hydrogen-bond acceptors (Lipinski definition) is 3. The van der Waals surface area contributed by atoms with Gasteiger partial charge in [-0.1, -0.05) is 6.07 Å². The maximum Gasteiger partial charge on any atom is 0.337 e. The summed E-state index contributed by atoms with van der Waals surface area (Å²) in [5.41, 5.74) is 2.10. The Balaban J connectivity index is 1.90. The molecule has 3 aromatic rings. The molecule has 0 unspecified atom stereocenters. The fourth-order valence-corrected chi connectivity index (χ4v) is 2.15. The lowest BCUT2D eigenvalue weighted by atomic mass is 10.1. The average molecular weight is 398 g/mol. The minimum Gasteiger partial charge on any atom is -0.262 e. The summed E-state index contributed by atoms with van der Waals surface area (Å²) < 4.78 is 24.9. The molecular formula is C14H9F2IN4. The molecule has 0 saturated carbocycles. The summed E-state index contributed by atoms with van der Waals surface area (Å²) in [5.74, 6) is 0. The summed E-state index contributed by atoms with van der Waals surface area (Å²) in [7, 11) is 0.